The molecule has 0 spiro atoms. The molecular weight excluding hydrogens is 482 g/mol. The van der Waals surface area contributed by atoms with Gasteiger partial charge in [0.05, 0.1) is 6.42 Å². The number of amides is 1. The fraction of sp³-hybridized carbons (Fsp3) is 0.613. The van der Waals surface area contributed by atoms with Crippen molar-refractivity contribution in [2.75, 3.05) is 0 Å². The number of allylic oxidation sites excluding steroid dienone is 1. The van der Waals surface area contributed by atoms with Crippen molar-refractivity contribution in [2.24, 2.45) is 28.6 Å². The third kappa shape index (κ3) is 4.80. The molecule has 38 heavy (non-hydrogen) atoms. The molecule has 5 rings (SSSR count). The van der Waals surface area contributed by atoms with Crippen LogP contribution in [0.2, 0.25) is 0 Å². The lowest BCUT2D eigenvalue weighted by molar-refractivity contribution is -0.160. The summed E-state index contributed by atoms with van der Waals surface area (Å²) >= 11 is 0. The molecule has 0 radical (unpaired) electrons. The number of ketones is 1. The van der Waals surface area contributed by atoms with Gasteiger partial charge in [0.15, 0.2) is 11.8 Å². The Morgan fingerprint density at radius 3 is 2.50 bits per heavy atom. The van der Waals surface area contributed by atoms with Crippen LogP contribution >= 0.6 is 0 Å². The topological polar surface area (TPSA) is 110 Å². The molecule has 0 aliphatic heterocycles. The maximum Gasteiger partial charge on any atom is 0.330 e. The van der Waals surface area contributed by atoms with Crippen LogP contribution in [-0.4, -0.2) is 34.8 Å². The molecule has 4 aliphatic carbocycles. The minimum Gasteiger partial charge on any atom is -0.479 e. The molecule has 0 heterocycles. The first-order valence-electron chi connectivity index (χ1n) is 14.1. The van der Waals surface area contributed by atoms with Crippen LogP contribution in [0.1, 0.15) is 89.7 Å². The summed E-state index contributed by atoms with van der Waals surface area (Å²) in [6.07, 6.45) is 9.28. The summed E-state index contributed by atoms with van der Waals surface area (Å²) in [7, 11) is 0. The van der Waals surface area contributed by atoms with Crippen molar-refractivity contribution in [1.82, 2.24) is 5.32 Å². The van der Waals surface area contributed by atoms with Crippen LogP contribution in [0.25, 0.3) is 0 Å². The predicted octanol–water partition coefficient (Wildman–Crippen LogP) is 5.15. The van der Waals surface area contributed by atoms with Crippen molar-refractivity contribution < 1.29 is 29.0 Å². The second-order valence-electron chi connectivity index (χ2n) is 12.3. The molecule has 1 aromatic carbocycles. The van der Waals surface area contributed by atoms with Crippen LogP contribution in [0.3, 0.4) is 0 Å². The number of esters is 1. The van der Waals surface area contributed by atoms with Gasteiger partial charge in [0.1, 0.15) is 6.10 Å². The fourth-order valence-electron chi connectivity index (χ4n) is 8.30. The number of hydrogen-bond donors (Lipinski definition) is 2. The average molecular weight is 522 g/mol. The second kappa shape index (κ2) is 10.3. The Labute approximate surface area is 224 Å². The first-order valence-corrected chi connectivity index (χ1v) is 14.1. The van der Waals surface area contributed by atoms with Gasteiger partial charge in [0.25, 0.3) is 0 Å². The average Bonchev–Trinajstić information content (AvgIpc) is 3.22. The first-order chi connectivity index (χ1) is 18.1. The van der Waals surface area contributed by atoms with Crippen LogP contribution in [0.4, 0.5) is 0 Å². The Hall–Kier alpha value is -2.96. The van der Waals surface area contributed by atoms with Gasteiger partial charge in [-0.15, -0.1) is 0 Å². The summed E-state index contributed by atoms with van der Waals surface area (Å²) in [6.45, 7) is 4.65. The molecule has 1 amide bonds. The van der Waals surface area contributed by atoms with E-state index in [1.165, 1.54) is 5.57 Å². The smallest absolute Gasteiger partial charge is 0.330 e. The van der Waals surface area contributed by atoms with E-state index in [1.54, 1.807) is 30.3 Å². The van der Waals surface area contributed by atoms with Crippen LogP contribution < -0.4 is 5.32 Å². The third-order valence-electron chi connectivity index (χ3n) is 10.4. The highest BCUT2D eigenvalue weighted by Crippen LogP contribution is 2.65. The largest absolute Gasteiger partial charge is 0.479 e. The molecule has 7 nitrogen and oxygen atoms in total. The number of carboxylic acid groups (broad SMARTS) is 1. The number of nitrogens with one attached hydrogen (secondary N) is 1. The quantitative estimate of drug-likeness (QED) is 0.480. The molecule has 3 fully saturated rings. The molecule has 0 bridgehead atoms. The van der Waals surface area contributed by atoms with E-state index in [1.807, 2.05) is 6.08 Å². The van der Waals surface area contributed by atoms with Gasteiger partial charge in [-0.25, -0.2) is 4.79 Å². The molecule has 7 heteroatoms. The molecule has 4 aliphatic rings. The molecule has 0 saturated heterocycles. The van der Waals surface area contributed by atoms with Crippen molar-refractivity contribution in [3.8, 4) is 0 Å². The fourth-order valence-corrected chi connectivity index (χ4v) is 8.30. The maximum absolute atomic E-state index is 12.8. The molecule has 7 atom stereocenters. The van der Waals surface area contributed by atoms with Gasteiger partial charge < -0.3 is 15.2 Å². The van der Waals surface area contributed by atoms with Crippen molar-refractivity contribution in [3.63, 3.8) is 0 Å². The van der Waals surface area contributed by atoms with Gasteiger partial charge in [0.2, 0.25) is 5.91 Å². The summed E-state index contributed by atoms with van der Waals surface area (Å²) in [6, 6.07) is 7.36. The van der Waals surface area contributed by atoms with Crippen molar-refractivity contribution in [3.05, 3.63) is 47.5 Å². The lowest BCUT2D eigenvalue weighted by atomic mass is 9.47. The zero-order valence-electron chi connectivity index (χ0n) is 22.4. The Balaban J connectivity index is 1.17. The molecule has 0 aromatic heterocycles. The summed E-state index contributed by atoms with van der Waals surface area (Å²) in [4.78, 5) is 49.0. The minimum atomic E-state index is -1.15. The lowest BCUT2D eigenvalue weighted by Gasteiger charge is -2.57. The van der Waals surface area contributed by atoms with Crippen LogP contribution in [0.15, 0.2) is 42.0 Å². The Kier molecular flexibility index (Phi) is 7.23. The molecule has 0 unspecified atom stereocenters. The zero-order valence-corrected chi connectivity index (χ0v) is 22.4. The molecule has 1 aromatic rings. The second-order valence-corrected chi connectivity index (χ2v) is 12.3. The molecule has 204 valence electrons. The van der Waals surface area contributed by atoms with E-state index < -0.39 is 23.9 Å². The number of fused-ring (bicyclic) bond motifs is 5. The van der Waals surface area contributed by atoms with E-state index in [2.05, 4.69) is 19.2 Å². The summed E-state index contributed by atoms with van der Waals surface area (Å²) in [5.41, 5.74) is 1.89. The summed E-state index contributed by atoms with van der Waals surface area (Å²) in [5.74, 6) is -0.0844. The third-order valence-corrected chi connectivity index (χ3v) is 10.4. The standard InChI is InChI=1S/C31H39NO6/c1-30-16-14-21(33)18-20(30)8-9-22-23-10-11-25(31(23,2)17-15-24(22)30)38-27(35)13-12-26(34)32-28(29(36)37)19-6-4-3-5-7-19/h3-7,18,22-25,28H,8-17H2,1-2H3,(H,32,34)(H,36,37)/t22-,23+,24-,25+,28+,30+,31+/m1/s1. The van der Waals surface area contributed by atoms with Gasteiger partial charge >= 0.3 is 11.9 Å². The Bertz CT molecular complexity index is 1140. The SMILES string of the molecule is C[C@]12CC[C@@H]3[C@H](CCC4=CC(=O)CC[C@@]43C)[C@@H]1CC[C@@H]2OC(=O)CCC(=O)N[C@H](C(=O)O)c1ccccc1. The maximum atomic E-state index is 12.8. The number of aliphatic carboxylic acids is 1. The monoisotopic (exact) mass is 521 g/mol. The summed E-state index contributed by atoms with van der Waals surface area (Å²) < 4.78 is 6.01. The van der Waals surface area contributed by atoms with E-state index in [9.17, 15) is 24.3 Å². The minimum absolute atomic E-state index is 0.0666. The van der Waals surface area contributed by atoms with Gasteiger partial charge in [-0.05, 0) is 79.8 Å². The Morgan fingerprint density at radius 2 is 1.76 bits per heavy atom. The van der Waals surface area contributed by atoms with Gasteiger partial charge in [-0.1, -0.05) is 49.8 Å². The van der Waals surface area contributed by atoms with Crippen molar-refractivity contribution in [1.29, 1.82) is 0 Å². The van der Waals surface area contributed by atoms with E-state index in [-0.39, 0.29) is 35.6 Å². The first kappa shape index (κ1) is 26.6. The number of rotatable bonds is 7. The zero-order chi connectivity index (χ0) is 27.1. The van der Waals surface area contributed by atoms with Crippen molar-refractivity contribution >= 4 is 23.6 Å². The highest BCUT2D eigenvalue weighted by Gasteiger charge is 2.59. The number of carbonyl (C=O) groups is 4. The highest BCUT2D eigenvalue weighted by molar-refractivity contribution is 5.91. The van der Waals surface area contributed by atoms with Crippen LogP contribution in [0.5, 0.6) is 0 Å². The van der Waals surface area contributed by atoms with Gasteiger partial charge in [-0.3, -0.25) is 14.4 Å². The van der Waals surface area contributed by atoms with Crippen LogP contribution in [0, 0.1) is 28.6 Å². The number of carbonyl (C=O) groups excluding carboxylic acids is 3. The summed E-state index contributed by atoms with van der Waals surface area (Å²) in [5, 5.41) is 12.1. The molecular formula is C31H39NO6. The van der Waals surface area contributed by atoms with Crippen molar-refractivity contribution in [2.45, 2.75) is 90.2 Å². The van der Waals surface area contributed by atoms with Crippen LogP contribution in [-0.2, 0) is 23.9 Å². The normalized spacial score (nSPS) is 34.7. The number of hydrogen-bond acceptors (Lipinski definition) is 5. The van der Waals surface area contributed by atoms with Gasteiger partial charge in [0, 0.05) is 18.3 Å². The van der Waals surface area contributed by atoms with E-state index in [0.717, 1.165) is 44.9 Å². The lowest BCUT2D eigenvalue weighted by Crippen LogP contribution is -2.51. The number of benzene rings is 1. The van der Waals surface area contributed by atoms with E-state index >= 15 is 0 Å². The highest BCUT2D eigenvalue weighted by atomic mass is 16.5. The predicted molar refractivity (Wildman–Crippen MR) is 141 cm³/mol. The number of ether oxygens (including phenoxy) is 1. The molecule has 2 N–H and O–H groups in total. The van der Waals surface area contributed by atoms with Gasteiger partial charge in [-0.2, -0.15) is 0 Å². The number of carboxylic acids is 1. The molecule has 3 saturated carbocycles. The van der Waals surface area contributed by atoms with E-state index in [0.29, 0.717) is 29.7 Å². The van der Waals surface area contributed by atoms with E-state index in [4.69, 9.17) is 4.74 Å². The Morgan fingerprint density at radius 1 is 1.00 bits per heavy atom.